The lowest BCUT2D eigenvalue weighted by molar-refractivity contribution is 0.199. The number of aromatic nitrogens is 2. The Bertz CT molecular complexity index is 285. The lowest BCUT2D eigenvalue weighted by Crippen LogP contribution is -2.19. The lowest BCUT2D eigenvalue weighted by atomic mass is 10.4. The van der Waals surface area contributed by atoms with Gasteiger partial charge in [-0.15, -0.1) is 0 Å². The van der Waals surface area contributed by atoms with Crippen molar-refractivity contribution in [1.82, 2.24) is 20.2 Å². The van der Waals surface area contributed by atoms with Crippen molar-refractivity contribution in [3.05, 3.63) is 17.7 Å². The highest BCUT2D eigenvalue weighted by Crippen LogP contribution is 1.98. The zero-order valence-electron chi connectivity index (χ0n) is 10.4. The van der Waals surface area contributed by atoms with Crippen molar-refractivity contribution < 1.29 is 4.74 Å². The van der Waals surface area contributed by atoms with Crippen LogP contribution in [0.5, 0.6) is 0 Å². The molecular weight excluding hydrogens is 204 g/mol. The quantitative estimate of drug-likeness (QED) is 0.624. The molecule has 16 heavy (non-hydrogen) atoms. The zero-order chi connectivity index (χ0) is 11.8. The Morgan fingerprint density at radius 1 is 1.50 bits per heavy atom. The van der Waals surface area contributed by atoms with Gasteiger partial charge >= 0.3 is 0 Å². The van der Waals surface area contributed by atoms with Gasteiger partial charge in [0.25, 0.3) is 0 Å². The Balaban J connectivity index is 2.22. The molecule has 0 amide bonds. The summed E-state index contributed by atoms with van der Waals surface area (Å²) in [6.45, 7) is 3.44. The van der Waals surface area contributed by atoms with Crippen molar-refractivity contribution in [2.75, 3.05) is 40.9 Å². The van der Waals surface area contributed by atoms with Crippen LogP contribution in [0.15, 0.2) is 6.20 Å². The van der Waals surface area contributed by atoms with Crippen molar-refractivity contribution >= 4 is 0 Å². The maximum absolute atomic E-state index is 4.96. The highest BCUT2D eigenvalue weighted by Gasteiger charge is 2.00. The fraction of sp³-hybridized carbons (Fsp3) is 0.727. The standard InChI is InChI=1S/C11H22N4O/c1-15(2)6-4-11-13-9-10(14-11)8-12-5-7-16-3/h9,12H,4-8H2,1-3H3,(H,13,14). The van der Waals surface area contributed by atoms with Gasteiger partial charge < -0.3 is 19.9 Å². The van der Waals surface area contributed by atoms with Crippen LogP contribution in [0, 0.1) is 0 Å². The molecule has 0 spiro atoms. The number of likely N-dealkylation sites (N-methyl/N-ethyl adjacent to an activating group) is 1. The predicted molar refractivity (Wildman–Crippen MR) is 64.4 cm³/mol. The first-order chi connectivity index (χ1) is 7.72. The Morgan fingerprint density at radius 3 is 3.00 bits per heavy atom. The molecule has 1 heterocycles. The minimum Gasteiger partial charge on any atom is -0.383 e. The van der Waals surface area contributed by atoms with Crippen LogP contribution >= 0.6 is 0 Å². The number of rotatable bonds is 8. The van der Waals surface area contributed by atoms with Gasteiger partial charge in [0, 0.05) is 45.1 Å². The van der Waals surface area contributed by atoms with Gasteiger partial charge in [-0.2, -0.15) is 0 Å². The Labute approximate surface area is 97.2 Å². The first-order valence-electron chi connectivity index (χ1n) is 5.59. The highest BCUT2D eigenvalue weighted by molar-refractivity contribution is 5.01. The normalized spacial score (nSPS) is 11.2. The molecule has 0 fully saturated rings. The molecule has 0 aliphatic heterocycles. The number of nitrogens with zero attached hydrogens (tertiary/aromatic N) is 2. The van der Waals surface area contributed by atoms with Crippen LogP contribution in [-0.2, 0) is 17.7 Å². The summed E-state index contributed by atoms with van der Waals surface area (Å²) < 4.78 is 4.96. The molecule has 0 unspecified atom stereocenters. The van der Waals surface area contributed by atoms with Gasteiger partial charge in [-0.05, 0) is 14.1 Å². The van der Waals surface area contributed by atoms with Crippen LogP contribution in [0.1, 0.15) is 11.5 Å². The third-order valence-electron chi connectivity index (χ3n) is 2.28. The fourth-order valence-electron chi connectivity index (χ4n) is 1.35. The summed E-state index contributed by atoms with van der Waals surface area (Å²) in [5.41, 5.74) is 1.13. The molecule has 0 bridgehead atoms. The summed E-state index contributed by atoms with van der Waals surface area (Å²) in [5.74, 6) is 1.05. The highest BCUT2D eigenvalue weighted by atomic mass is 16.5. The molecular formula is C11H22N4O. The zero-order valence-corrected chi connectivity index (χ0v) is 10.4. The van der Waals surface area contributed by atoms with E-state index in [1.54, 1.807) is 7.11 Å². The van der Waals surface area contributed by atoms with E-state index in [2.05, 4.69) is 34.3 Å². The molecule has 0 saturated heterocycles. The molecule has 0 radical (unpaired) electrons. The second kappa shape index (κ2) is 7.38. The second-order valence-electron chi connectivity index (χ2n) is 4.08. The molecule has 0 aliphatic carbocycles. The van der Waals surface area contributed by atoms with Crippen LogP contribution in [0.3, 0.4) is 0 Å². The molecule has 0 atom stereocenters. The third-order valence-corrected chi connectivity index (χ3v) is 2.28. The van der Waals surface area contributed by atoms with Crippen LogP contribution in [0.2, 0.25) is 0 Å². The molecule has 5 heteroatoms. The molecule has 0 aromatic carbocycles. The summed E-state index contributed by atoms with van der Waals surface area (Å²) in [7, 11) is 5.84. The maximum atomic E-state index is 4.96. The van der Waals surface area contributed by atoms with Crippen LogP contribution in [0.4, 0.5) is 0 Å². The topological polar surface area (TPSA) is 53.2 Å². The largest absolute Gasteiger partial charge is 0.383 e. The lowest BCUT2D eigenvalue weighted by Gasteiger charge is -2.06. The van der Waals surface area contributed by atoms with E-state index in [4.69, 9.17) is 4.74 Å². The van der Waals surface area contributed by atoms with E-state index in [1.807, 2.05) is 6.20 Å². The summed E-state index contributed by atoms with van der Waals surface area (Å²) >= 11 is 0. The van der Waals surface area contributed by atoms with Gasteiger partial charge in [0.05, 0.1) is 6.61 Å². The van der Waals surface area contributed by atoms with E-state index in [-0.39, 0.29) is 0 Å². The van der Waals surface area contributed by atoms with Crippen molar-refractivity contribution in [2.45, 2.75) is 13.0 Å². The van der Waals surface area contributed by atoms with Gasteiger partial charge in [-0.1, -0.05) is 0 Å². The minimum atomic E-state index is 0.738. The molecule has 5 nitrogen and oxygen atoms in total. The Hall–Kier alpha value is -0.910. The summed E-state index contributed by atoms with van der Waals surface area (Å²) in [4.78, 5) is 9.79. The smallest absolute Gasteiger partial charge is 0.107 e. The molecule has 0 aliphatic rings. The summed E-state index contributed by atoms with van der Waals surface area (Å²) in [5, 5.41) is 3.27. The fourth-order valence-corrected chi connectivity index (χ4v) is 1.35. The van der Waals surface area contributed by atoms with Crippen LogP contribution < -0.4 is 5.32 Å². The number of nitrogens with one attached hydrogen (secondary N) is 2. The van der Waals surface area contributed by atoms with Crippen LogP contribution in [-0.4, -0.2) is 55.8 Å². The van der Waals surface area contributed by atoms with E-state index in [1.165, 1.54) is 0 Å². The molecule has 2 N–H and O–H groups in total. The van der Waals surface area contributed by atoms with Gasteiger partial charge in [0.2, 0.25) is 0 Å². The van der Waals surface area contributed by atoms with Crippen LogP contribution in [0.25, 0.3) is 0 Å². The summed E-state index contributed by atoms with van der Waals surface area (Å²) in [6.07, 6.45) is 2.86. The second-order valence-corrected chi connectivity index (χ2v) is 4.08. The van der Waals surface area contributed by atoms with Crippen molar-refractivity contribution in [3.63, 3.8) is 0 Å². The van der Waals surface area contributed by atoms with Crippen molar-refractivity contribution in [1.29, 1.82) is 0 Å². The van der Waals surface area contributed by atoms with Crippen molar-refractivity contribution in [2.24, 2.45) is 0 Å². The summed E-state index contributed by atoms with van der Waals surface area (Å²) in [6, 6.07) is 0. The Kier molecular flexibility index (Phi) is 6.07. The molecule has 1 aromatic rings. The van der Waals surface area contributed by atoms with E-state index < -0.39 is 0 Å². The van der Waals surface area contributed by atoms with E-state index in [9.17, 15) is 0 Å². The van der Waals surface area contributed by atoms with E-state index >= 15 is 0 Å². The average Bonchev–Trinajstić information content (AvgIpc) is 2.70. The van der Waals surface area contributed by atoms with Gasteiger partial charge in [-0.25, -0.2) is 4.98 Å². The minimum absolute atomic E-state index is 0.738. The third kappa shape index (κ3) is 5.25. The number of H-pyrrole nitrogens is 1. The SMILES string of the molecule is COCCNCc1cnc(CCN(C)C)[nH]1. The maximum Gasteiger partial charge on any atom is 0.107 e. The molecule has 1 rings (SSSR count). The average molecular weight is 226 g/mol. The first kappa shape index (κ1) is 13.2. The number of imidazole rings is 1. The monoisotopic (exact) mass is 226 g/mol. The number of hydrogen-bond donors (Lipinski definition) is 2. The van der Waals surface area contributed by atoms with Gasteiger partial charge in [-0.3, -0.25) is 0 Å². The number of ether oxygens (including phenoxy) is 1. The van der Waals surface area contributed by atoms with E-state index in [0.29, 0.717) is 0 Å². The predicted octanol–water partition coefficient (Wildman–Crippen LogP) is 0.250. The van der Waals surface area contributed by atoms with E-state index in [0.717, 1.165) is 44.2 Å². The number of methoxy groups -OCH3 is 1. The molecule has 92 valence electrons. The molecule has 0 saturated carbocycles. The first-order valence-corrected chi connectivity index (χ1v) is 5.59. The van der Waals surface area contributed by atoms with Crippen molar-refractivity contribution in [3.8, 4) is 0 Å². The number of hydrogen-bond acceptors (Lipinski definition) is 4. The Morgan fingerprint density at radius 2 is 2.31 bits per heavy atom. The van der Waals surface area contributed by atoms with Gasteiger partial charge in [0.15, 0.2) is 0 Å². The molecule has 1 aromatic heterocycles. The van der Waals surface area contributed by atoms with Gasteiger partial charge in [0.1, 0.15) is 5.82 Å². The number of aromatic amines is 1.